The van der Waals surface area contributed by atoms with E-state index >= 15 is 0 Å². The molecule has 1 heterocycles. The average molecular weight is 350 g/mol. The van der Waals surface area contributed by atoms with E-state index in [1.165, 1.54) is 11.0 Å². The van der Waals surface area contributed by atoms with Gasteiger partial charge in [-0.3, -0.25) is 4.79 Å². The van der Waals surface area contributed by atoms with Crippen LogP contribution in [0.5, 0.6) is 0 Å². The summed E-state index contributed by atoms with van der Waals surface area (Å²) in [6, 6.07) is 9.57. The molecule has 6 nitrogen and oxygen atoms in total. The Morgan fingerprint density at radius 1 is 1.25 bits per heavy atom. The van der Waals surface area contributed by atoms with Crippen molar-refractivity contribution in [2.45, 2.75) is 17.5 Å². The zero-order valence-electron chi connectivity index (χ0n) is 12.7. The predicted molar refractivity (Wildman–Crippen MR) is 83.9 cm³/mol. The number of carbonyl (C=O) groups excluding carboxylic acids is 1. The summed E-state index contributed by atoms with van der Waals surface area (Å²) in [5.41, 5.74) is -1.23. The molecule has 0 saturated heterocycles. The maximum Gasteiger partial charge on any atom is 0.257 e. The van der Waals surface area contributed by atoms with E-state index < -0.39 is 32.4 Å². The zero-order valence-corrected chi connectivity index (χ0v) is 13.5. The fourth-order valence-electron chi connectivity index (χ4n) is 3.03. The molecular formula is C16H15FN2O4S. The third kappa shape index (κ3) is 2.22. The summed E-state index contributed by atoms with van der Waals surface area (Å²) in [5.74, 6) is -1.41. The number of halogens is 1. The molecule has 1 atom stereocenters. The Balaban J connectivity index is 2.30. The predicted octanol–water partition coefficient (Wildman–Crippen LogP) is 1.14. The van der Waals surface area contributed by atoms with E-state index in [9.17, 15) is 22.7 Å². The molecule has 0 aromatic heterocycles. The number of rotatable bonds is 3. The molecule has 1 unspecified atom stereocenters. The lowest BCUT2D eigenvalue weighted by Crippen LogP contribution is -2.44. The topological polar surface area (TPSA) is 101 Å². The number of hydrogen-bond donors (Lipinski definition) is 2. The quantitative estimate of drug-likeness (QED) is 0.867. The van der Waals surface area contributed by atoms with Gasteiger partial charge in [0.15, 0.2) is 5.72 Å². The van der Waals surface area contributed by atoms with Gasteiger partial charge in [0.2, 0.25) is 10.0 Å². The highest BCUT2D eigenvalue weighted by Gasteiger charge is 2.49. The number of nitrogens with two attached hydrogens (primary N) is 1. The number of fused-ring (bicyclic) bond motifs is 1. The monoisotopic (exact) mass is 350 g/mol. The van der Waals surface area contributed by atoms with Gasteiger partial charge < -0.3 is 10.0 Å². The molecule has 0 bridgehead atoms. The van der Waals surface area contributed by atoms with Crippen LogP contribution >= 0.6 is 0 Å². The van der Waals surface area contributed by atoms with Crippen LogP contribution in [-0.2, 0) is 15.7 Å². The second kappa shape index (κ2) is 5.37. The van der Waals surface area contributed by atoms with Crippen molar-refractivity contribution in [2.24, 2.45) is 5.14 Å². The maximum absolute atomic E-state index is 13.8. The Kier molecular flexibility index (Phi) is 3.71. The van der Waals surface area contributed by atoms with E-state index in [2.05, 4.69) is 0 Å². The van der Waals surface area contributed by atoms with E-state index in [-0.39, 0.29) is 12.1 Å². The van der Waals surface area contributed by atoms with Gasteiger partial charge in [-0.25, -0.2) is 17.9 Å². The molecule has 2 aromatic rings. The molecule has 24 heavy (non-hydrogen) atoms. The lowest BCUT2D eigenvalue weighted by Gasteiger charge is -2.34. The Hall–Kier alpha value is -2.29. The van der Waals surface area contributed by atoms with E-state index in [1.54, 1.807) is 31.2 Å². The minimum atomic E-state index is -4.32. The van der Waals surface area contributed by atoms with E-state index in [0.717, 1.165) is 12.1 Å². The third-order valence-electron chi connectivity index (χ3n) is 4.13. The van der Waals surface area contributed by atoms with Crippen molar-refractivity contribution in [3.05, 3.63) is 65.0 Å². The van der Waals surface area contributed by atoms with E-state index in [4.69, 9.17) is 5.14 Å². The SMILES string of the molecule is CCN1C(=O)c2ccccc2C1(O)c1ccc(F)c(S(N)(=O)=O)c1. The van der Waals surface area contributed by atoms with Gasteiger partial charge in [-0.15, -0.1) is 0 Å². The molecule has 2 aromatic carbocycles. The number of amides is 1. The second-order valence-corrected chi connectivity index (χ2v) is 6.99. The number of nitrogens with zero attached hydrogens (tertiary/aromatic N) is 1. The Morgan fingerprint density at radius 3 is 2.54 bits per heavy atom. The van der Waals surface area contributed by atoms with Crippen LogP contribution in [0.1, 0.15) is 28.4 Å². The molecule has 1 aliphatic rings. The molecule has 3 rings (SSSR count). The molecule has 126 valence electrons. The van der Waals surface area contributed by atoms with Crippen LogP contribution in [0, 0.1) is 5.82 Å². The van der Waals surface area contributed by atoms with Crippen LogP contribution in [0.4, 0.5) is 4.39 Å². The minimum Gasteiger partial charge on any atom is -0.363 e. The summed E-state index contributed by atoms with van der Waals surface area (Å²) in [7, 11) is -4.32. The molecule has 0 fully saturated rings. The van der Waals surface area contributed by atoms with E-state index in [0.29, 0.717) is 11.1 Å². The van der Waals surface area contributed by atoms with Gasteiger partial charge in [0, 0.05) is 23.2 Å². The van der Waals surface area contributed by atoms with Crippen LogP contribution < -0.4 is 5.14 Å². The van der Waals surface area contributed by atoms with Gasteiger partial charge >= 0.3 is 0 Å². The fraction of sp³-hybridized carbons (Fsp3) is 0.188. The molecule has 1 aliphatic heterocycles. The van der Waals surface area contributed by atoms with Crippen molar-refractivity contribution >= 4 is 15.9 Å². The van der Waals surface area contributed by atoms with Crippen LogP contribution in [0.2, 0.25) is 0 Å². The van der Waals surface area contributed by atoms with Crippen LogP contribution in [-0.4, -0.2) is 30.9 Å². The van der Waals surface area contributed by atoms with Crippen molar-refractivity contribution < 1.29 is 22.7 Å². The first-order valence-electron chi connectivity index (χ1n) is 7.18. The molecular weight excluding hydrogens is 335 g/mol. The first-order chi connectivity index (χ1) is 11.2. The summed E-state index contributed by atoms with van der Waals surface area (Å²) in [4.78, 5) is 13.0. The minimum absolute atomic E-state index is 0.0491. The van der Waals surface area contributed by atoms with Crippen molar-refractivity contribution in [2.75, 3.05) is 6.54 Å². The van der Waals surface area contributed by atoms with Gasteiger partial charge in [-0.05, 0) is 25.1 Å². The second-order valence-electron chi connectivity index (χ2n) is 5.46. The van der Waals surface area contributed by atoms with Gasteiger partial charge in [-0.2, -0.15) is 0 Å². The highest BCUT2D eigenvalue weighted by Crippen LogP contribution is 2.42. The summed E-state index contributed by atoms with van der Waals surface area (Å²) in [5, 5.41) is 16.3. The Bertz CT molecular complexity index is 945. The first kappa shape index (κ1) is 16.6. The van der Waals surface area contributed by atoms with Gasteiger partial charge in [0.1, 0.15) is 10.7 Å². The summed E-state index contributed by atoms with van der Waals surface area (Å²) < 4.78 is 36.9. The summed E-state index contributed by atoms with van der Waals surface area (Å²) in [6.07, 6.45) is 0. The fourth-order valence-corrected chi connectivity index (χ4v) is 3.66. The third-order valence-corrected chi connectivity index (χ3v) is 5.05. The molecule has 0 spiro atoms. The highest BCUT2D eigenvalue weighted by atomic mass is 32.2. The normalized spacial score (nSPS) is 20.3. The largest absolute Gasteiger partial charge is 0.363 e. The van der Waals surface area contributed by atoms with Crippen molar-refractivity contribution in [1.29, 1.82) is 0 Å². The van der Waals surface area contributed by atoms with Gasteiger partial charge in [0.05, 0.1) is 0 Å². The summed E-state index contributed by atoms with van der Waals surface area (Å²) in [6.45, 7) is 1.85. The Labute approximate surface area is 138 Å². The number of carbonyl (C=O) groups is 1. The molecule has 8 heteroatoms. The molecule has 0 radical (unpaired) electrons. The van der Waals surface area contributed by atoms with Gasteiger partial charge in [0.25, 0.3) is 5.91 Å². The average Bonchev–Trinajstić information content (AvgIpc) is 2.76. The van der Waals surface area contributed by atoms with Crippen molar-refractivity contribution in [1.82, 2.24) is 4.90 Å². The molecule has 0 saturated carbocycles. The van der Waals surface area contributed by atoms with Crippen molar-refractivity contribution in [3.8, 4) is 0 Å². The standard InChI is InChI=1S/C16H15FN2O4S/c1-2-19-15(20)11-5-3-4-6-12(11)16(19,21)10-7-8-13(17)14(9-10)24(18,22)23/h3-9,21H,2H2,1H3,(H2,18,22,23). The molecule has 0 aliphatic carbocycles. The van der Waals surface area contributed by atoms with Crippen LogP contribution in [0.15, 0.2) is 47.4 Å². The summed E-state index contributed by atoms with van der Waals surface area (Å²) >= 11 is 0. The van der Waals surface area contributed by atoms with Gasteiger partial charge in [-0.1, -0.05) is 24.3 Å². The van der Waals surface area contributed by atoms with Crippen LogP contribution in [0.3, 0.4) is 0 Å². The van der Waals surface area contributed by atoms with Crippen molar-refractivity contribution in [3.63, 3.8) is 0 Å². The molecule has 1 amide bonds. The van der Waals surface area contributed by atoms with E-state index in [1.807, 2.05) is 0 Å². The van der Waals surface area contributed by atoms with Crippen LogP contribution in [0.25, 0.3) is 0 Å². The lowest BCUT2D eigenvalue weighted by atomic mass is 9.94. The smallest absolute Gasteiger partial charge is 0.257 e. The number of aliphatic hydroxyl groups is 1. The molecule has 3 N–H and O–H groups in total. The first-order valence-corrected chi connectivity index (χ1v) is 8.72. The Morgan fingerprint density at radius 2 is 1.92 bits per heavy atom. The number of sulfonamides is 1. The zero-order chi connectivity index (χ0) is 17.7. The number of hydrogen-bond acceptors (Lipinski definition) is 4. The number of primary sulfonamides is 1. The number of benzene rings is 2. The maximum atomic E-state index is 13.8. The lowest BCUT2D eigenvalue weighted by molar-refractivity contribution is -0.0476. The highest BCUT2D eigenvalue weighted by molar-refractivity contribution is 7.89.